The molecule has 7 nitrogen and oxygen atoms in total. The van der Waals surface area contributed by atoms with E-state index in [-0.39, 0.29) is 5.95 Å². The molecule has 0 bridgehead atoms. The van der Waals surface area contributed by atoms with Crippen molar-refractivity contribution < 1.29 is 9.53 Å². The van der Waals surface area contributed by atoms with Crippen LogP contribution < -0.4 is 15.4 Å². The number of benzene rings is 2. The summed E-state index contributed by atoms with van der Waals surface area (Å²) in [5.74, 6) is 0.951. The minimum Gasteiger partial charge on any atom is -0.496 e. The van der Waals surface area contributed by atoms with E-state index in [4.69, 9.17) is 16.3 Å². The molecule has 2 amide bonds. The van der Waals surface area contributed by atoms with Gasteiger partial charge in [-0.15, -0.1) is 16.4 Å². The summed E-state index contributed by atoms with van der Waals surface area (Å²) in [7, 11) is 1.62. The first kappa shape index (κ1) is 17.3. The molecule has 27 heavy (non-hydrogen) atoms. The Balaban J connectivity index is 1.56. The average Bonchev–Trinajstić information content (AvgIpc) is 3.23. The standard InChI is InChI=1S/C18H14ClN5O2S/c1-26-15-5-3-2-4-13(15)14-10-27-18-22-16(23-24(14)18)21-17(25)20-12-8-6-11(19)7-9-12/h2-10H,1H3,(H2,20,21,23,25). The lowest BCUT2D eigenvalue weighted by Gasteiger charge is -2.06. The van der Waals surface area contributed by atoms with Crippen LogP contribution >= 0.6 is 22.9 Å². The lowest BCUT2D eigenvalue weighted by Crippen LogP contribution is -2.20. The van der Waals surface area contributed by atoms with Crippen LogP contribution in [0, 0.1) is 0 Å². The van der Waals surface area contributed by atoms with Crippen molar-refractivity contribution in [2.75, 3.05) is 17.7 Å². The molecule has 0 spiro atoms. The average molecular weight is 400 g/mol. The number of anilines is 2. The predicted molar refractivity (Wildman–Crippen MR) is 107 cm³/mol. The van der Waals surface area contributed by atoms with Crippen molar-refractivity contribution in [3.8, 4) is 17.0 Å². The predicted octanol–water partition coefficient (Wildman–Crippen LogP) is 4.76. The smallest absolute Gasteiger partial charge is 0.326 e. The number of carbonyl (C=O) groups excluding carboxylic acids is 1. The summed E-state index contributed by atoms with van der Waals surface area (Å²) in [6, 6.07) is 14.0. The molecule has 136 valence electrons. The fraction of sp³-hybridized carbons (Fsp3) is 0.0556. The van der Waals surface area contributed by atoms with E-state index in [2.05, 4.69) is 20.7 Å². The number of aromatic nitrogens is 3. The third kappa shape index (κ3) is 3.57. The molecule has 0 fully saturated rings. The number of methoxy groups -OCH3 is 1. The van der Waals surface area contributed by atoms with E-state index in [0.29, 0.717) is 15.7 Å². The van der Waals surface area contributed by atoms with Crippen molar-refractivity contribution in [3.05, 3.63) is 58.9 Å². The normalized spacial score (nSPS) is 10.7. The van der Waals surface area contributed by atoms with E-state index < -0.39 is 6.03 Å². The highest BCUT2D eigenvalue weighted by molar-refractivity contribution is 7.15. The van der Waals surface area contributed by atoms with Gasteiger partial charge < -0.3 is 10.1 Å². The monoisotopic (exact) mass is 399 g/mol. The minimum atomic E-state index is -0.436. The number of thiazole rings is 1. The van der Waals surface area contributed by atoms with Crippen LogP contribution in [0.1, 0.15) is 0 Å². The zero-order valence-electron chi connectivity index (χ0n) is 14.1. The zero-order valence-corrected chi connectivity index (χ0v) is 15.7. The van der Waals surface area contributed by atoms with Gasteiger partial charge in [0.25, 0.3) is 5.95 Å². The van der Waals surface area contributed by atoms with Crippen LogP contribution in [0.25, 0.3) is 16.2 Å². The largest absolute Gasteiger partial charge is 0.496 e. The summed E-state index contributed by atoms with van der Waals surface area (Å²) in [6.07, 6.45) is 0. The molecule has 2 aromatic carbocycles. The number of rotatable bonds is 4. The van der Waals surface area contributed by atoms with Crippen LogP contribution in [0.15, 0.2) is 53.9 Å². The fourth-order valence-electron chi connectivity index (χ4n) is 2.57. The first-order valence-electron chi connectivity index (χ1n) is 7.95. The van der Waals surface area contributed by atoms with E-state index >= 15 is 0 Å². The van der Waals surface area contributed by atoms with Crippen molar-refractivity contribution in [1.29, 1.82) is 0 Å². The Labute approximate surface area is 163 Å². The van der Waals surface area contributed by atoms with Gasteiger partial charge in [0.15, 0.2) is 0 Å². The number of ether oxygens (including phenoxy) is 1. The number of nitrogens with zero attached hydrogens (tertiary/aromatic N) is 3. The first-order chi connectivity index (χ1) is 13.1. The lowest BCUT2D eigenvalue weighted by atomic mass is 10.1. The van der Waals surface area contributed by atoms with Crippen molar-refractivity contribution in [3.63, 3.8) is 0 Å². The Morgan fingerprint density at radius 2 is 1.93 bits per heavy atom. The van der Waals surface area contributed by atoms with E-state index in [1.165, 1.54) is 11.3 Å². The van der Waals surface area contributed by atoms with Gasteiger partial charge in [-0.25, -0.2) is 9.31 Å². The molecule has 0 unspecified atom stereocenters. The summed E-state index contributed by atoms with van der Waals surface area (Å²) in [5.41, 5.74) is 2.35. The number of hydrogen-bond donors (Lipinski definition) is 2. The Kier molecular flexibility index (Phi) is 4.66. The number of nitrogens with one attached hydrogen (secondary N) is 2. The Morgan fingerprint density at radius 1 is 1.15 bits per heavy atom. The van der Waals surface area contributed by atoms with Crippen LogP contribution in [-0.2, 0) is 0 Å². The molecule has 2 aromatic heterocycles. The second-order valence-electron chi connectivity index (χ2n) is 5.54. The molecule has 0 saturated heterocycles. The van der Waals surface area contributed by atoms with Crippen molar-refractivity contribution in [2.45, 2.75) is 0 Å². The molecule has 0 aliphatic rings. The molecule has 4 rings (SSSR count). The van der Waals surface area contributed by atoms with Gasteiger partial charge in [-0.1, -0.05) is 23.7 Å². The molecule has 0 aliphatic carbocycles. The topological polar surface area (TPSA) is 80.5 Å². The van der Waals surface area contributed by atoms with E-state index in [9.17, 15) is 4.79 Å². The molecular weight excluding hydrogens is 386 g/mol. The van der Waals surface area contributed by atoms with Gasteiger partial charge in [0.05, 0.1) is 12.8 Å². The quantitative estimate of drug-likeness (QED) is 0.518. The third-order valence-corrected chi connectivity index (χ3v) is 4.86. The highest BCUT2D eigenvalue weighted by Crippen LogP contribution is 2.32. The number of carbonyl (C=O) groups is 1. The van der Waals surface area contributed by atoms with Gasteiger partial charge in [0.2, 0.25) is 4.96 Å². The molecule has 0 atom stereocenters. The molecule has 0 radical (unpaired) electrons. The van der Waals surface area contributed by atoms with Crippen molar-refractivity contribution in [1.82, 2.24) is 14.6 Å². The van der Waals surface area contributed by atoms with Crippen LogP contribution in [-0.4, -0.2) is 27.7 Å². The number of urea groups is 1. The molecule has 2 heterocycles. The fourth-order valence-corrected chi connectivity index (χ4v) is 3.52. The van der Waals surface area contributed by atoms with Gasteiger partial charge in [0, 0.05) is 21.7 Å². The van der Waals surface area contributed by atoms with Gasteiger partial charge >= 0.3 is 6.03 Å². The number of halogens is 1. The summed E-state index contributed by atoms with van der Waals surface area (Å²) < 4.78 is 7.10. The van der Waals surface area contributed by atoms with Crippen LogP contribution in [0.2, 0.25) is 5.02 Å². The molecular formula is C18H14ClN5O2S. The highest BCUT2D eigenvalue weighted by atomic mass is 35.5. The first-order valence-corrected chi connectivity index (χ1v) is 9.21. The van der Waals surface area contributed by atoms with Gasteiger partial charge in [-0.3, -0.25) is 5.32 Å². The molecule has 0 saturated carbocycles. The third-order valence-electron chi connectivity index (χ3n) is 3.79. The van der Waals surface area contributed by atoms with E-state index in [1.54, 1.807) is 35.9 Å². The summed E-state index contributed by atoms with van der Waals surface area (Å²) in [6.45, 7) is 0. The second kappa shape index (κ2) is 7.26. The maximum atomic E-state index is 12.2. The molecule has 2 N–H and O–H groups in total. The number of hydrogen-bond acceptors (Lipinski definition) is 5. The SMILES string of the molecule is COc1ccccc1-c1csc2nc(NC(=O)Nc3ccc(Cl)cc3)nn12. The highest BCUT2D eigenvalue weighted by Gasteiger charge is 2.15. The Morgan fingerprint density at radius 3 is 2.70 bits per heavy atom. The molecule has 9 heteroatoms. The van der Waals surface area contributed by atoms with Gasteiger partial charge in [0.1, 0.15) is 5.75 Å². The summed E-state index contributed by atoms with van der Waals surface area (Å²) in [4.78, 5) is 17.2. The van der Waals surface area contributed by atoms with Gasteiger partial charge in [-0.2, -0.15) is 4.98 Å². The number of para-hydroxylation sites is 1. The van der Waals surface area contributed by atoms with Crippen molar-refractivity contribution >= 4 is 45.6 Å². The number of fused-ring (bicyclic) bond motifs is 1. The summed E-state index contributed by atoms with van der Waals surface area (Å²) in [5, 5.41) is 12.3. The summed E-state index contributed by atoms with van der Waals surface area (Å²) >= 11 is 7.27. The second-order valence-corrected chi connectivity index (χ2v) is 6.81. The van der Waals surface area contributed by atoms with Crippen LogP contribution in [0.4, 0.5) is 16.4 Å². The lowest BCUT2D eigenvalue weighted by molar-refractivity contribution is 0.262. The maximum absolute atomic E-state index is 12.2. The van der Waals surface area contributed by atoms with E-state index in [0.717, 1.165) is 17.0 Å². The van der Waals surface area contributed by atoms with E-state index in [1.807, 2.05) is 29.6 Å². The Hall–Kier alpha value is -3.10. The minimum absolute atomic E-state index is 0.212. The molecule has 0 aliphatic heterocycles. The number of amides is 2. The van der Waals surface area contributed by atoms with Crippen molar-refractivity contribution in [2.24, 2.45) is 0 Å². The Bertz CT molecular complexity index is 1110. The molecule has 4 aromatic rings. The maximum Gasteiger partial charge on any atom is 0.326 e. The van der Waals surface area contributed by atoms with Gasteiger partial charge in [-0.05, 0) is 36.4 Å². The zero-order chi connectivity index (χ0) is 18.8. The van der Waals surface area contributed by atoms with Crippen LogP contribution in [0.3, 0.4) is 0 Å². The van der Waals surface area contributed by atoms with Crippen LogP contribution in [0.5, 0.6) is 5.75 Å².